The molecular weight excluding hydrogens is 269 g/mol. The number of nitrogens with one attached hydrogen (secondary N) is 1. The van der Waals surface area contributed by atoms with Crippen molar-refractivity contribution in [1.82, 2.24) is 4.98 Å². The van der Waals surface area contributed by atoms with Gasteiger partial charge in [-0.1, -0.05) is 18.2 Å². The summed E-state index contributed by atoms with van der Waals surface area (Å²) >= 11 is 0. The van der Waals surface area contributed by atoms with Gasteiger partial charge in [-0.05, 0) is 13.0 Å². The minimum atomic E-state index is -4.47. The molecule has 0 aliphatic carbocycles. The van der Waals surface area contributed by atoms with Crippen molar-refractivity contribution in [3.05, 3.63) is 35.5 Å². The zero-order valence-corrected chi connectivity index (χ0v) is 11.2. The van der Waals surface area contributed by atoms with Gasteiger partial charge in [-0.3, -0.25) is 0 Å². The highest BCUT2D eigenvalue weighted by Gasteiger charge is 2.33. The van der Waals surface area contributed by atoms with E-state index in [2.05, 4.69) is 10.3 Å². The predicted octanol–water partition coefficient (Wildman–Crippen LogP) is 3.83. The number of aromatic nitrogens is 1. The van der Waals surface area contributed by atoms with Gasteiger partial charge < -0.3 is 10.1 Å². The van der Waals surface area contributed by atoms with E-state index in [9.17, 15) is 13.2 Å². The molecule has 0 fully saturated rings. The molecular formula is C14H15F3N2O. The van der Waals surface area contributed by atoms with Gasteiger partial charge in [0.1, 0.15) is 5.69 Å². The smallest absolute Gasteiger partial charge is 0.385 e. The molecule has 20 heavy (non-hydrogen) atoms. The average Bonchev–Trinajstić information content (AvgIpc) is 2.39. The molecule has 3 nitrogen and oxygen atoms in total. The van der Waals surface area contributed by atoms with Gasteiger partial charge in [-0.15, -0.1) is 0 Å². The van der Waals surface area contributed by atoms with Crippen molar-refractivity contribution in [3.8, 4) is 0 Å². The summed E-state index contributed by atoms with van der Waals surface area (Å²) < 4.78 is 43.8. The van der Waals surface area contributed by atoms with Crippen LogP contribution in [0.15, 0.2) is 24.3 Å². The molecule has 0 atom stereocenters. The summed E-state index contributed by atoms with van der Waals surface area (Å²) in [6, 6.07) is 6.29. The van der Waals surface area contributed by atoms with Gasteiger partial charge in [0.2, 0.25) is 0 Å². The Hall–Kier alpha value is -1.82. The Labute approximate surface area is 114 Å². The highest BCUT2D eigenvalue weighted by molar-refractivity contribution is 5.93. The molecule has 0 saturated heterocycles. The normalized spacial score (nSPS) is 11.8. The van der Waals surface area contributed by atoms with Crippen LogP contribution in [0.5, 0.6) is 0 Å². The lowest BCUT2D eigenvalue weighted by atomic mass is 10.1. The van der Waals surface area contributed by atoms with Crippen LogP contribution >= 0.6 is 0 Å². The van der Waals surface area contributed by atoms with Gasteiger partial charge in [0.25, 0.3) is 0 Å². The maximum atomic E-state index is 12.9. The number of anilines is 1. The van der Waals surface area contributed by atoms with Crippen molar-refractivity contribution >= 4 is 16.6 Å². The van der Waals surface area contributed by atoms with Crippen molar-refractivity contribution < 1.29 is 17.9 Å². The van der Waals surface area contributed by atoms with Crippen molar-refractivity contribution in [1.29, 1.82) is 0 Å². The first kappa shape index (κ1) is 14.6. The molecule has 0 aliphatic heterocycles. The summed E-state index contributed by atoms with van der Waals surface area (Å²) in [5.74, 6) is 0. The number of benzene rings is 1. The van der Waals surface area contributed by atoms with Crippen LogP contribution < -0.4 is 5.32 Å². The van der Waals surface area contributed by atoms with E-state index in [-0.39, 0.29) is 6.61 Å². The first-order valence-corrected chi connectivity index (χ1v) is 6.20. The molecule has 0 amide bonds. The molecule has 0 radical (unpaired) electrons. The first-order valence-electron chi connectivity index (χ1n) is 6.20. The topological polar surface area (TPSA) is 34.2 Å². The molecule has 2 rings (SSSR count). The van der Waals surface area contributed by atoms with Crippen LogP contribution in [0, 0.1) is 0 Å². The number of methoxy groups -OCH3 is 1. The van der Waals surface area contributed by atoms with E-state index in [0.29, 0.717) is 28.7 Å². The van der Waals surface area contributed by atoms with E-state index in [1.165, 1.54) is 7.11 Å². The molecule has 0 bridgehead atoms. The summed E-state index contributed by atoms with van der Waals surface area (Å²) in [5.41, 5.74) is 0.489. The van der Waals surface area contributed by atoms with E-state index < -0.39 is 11.9 Å². The van der Waals surface area contributed by atoms with Crippen LogP contribution in [-0.2, 0) is 17.5 Å². The summed E-state index contributed by atoms with van der Waals surface area (Å²) in [7, 11) is 1.50. The zero-order chi connectivity index (χ0) is 14.8. The summed E-state index contributed by atoms with van der Waals surface area (Å²) in [4.78, 5) is 3.76. The molecule has 108 valence electrons. The summed E-state index contributed by atoms with van der Waals surface area (Å²) in [5, 5.41) is 3.61. The lowest BCUT2D eigenvalue weighted by Gasteiger charge is -2.14. The molecule has 0 unspecified atom stereocenters. The molecule has 1 aromatic heterocycles. The molecule has 1 heterocycles. The van der Waals surface area contributed by atoms with E-state index in [1.54, 1.807) is 18.2 Å². The minimum Gasteiger partial charge on any atom is -0.385 e. The van der Waals surface area contributed by atoms with Crippen LogP contribution in [-0.4, -0.2) is 18.6 Å². The first-order chi connectivity index (χ1) is 9.47. The molecule has 6 heteroatoms. The highest BCUT2D eigenvalue weighted by Crippen LogP contribution is 2.34. The van der Waals surface area contributed by atoms with Gasteiger partial charge in [0, 0.05) is 30.3 Å². The third-order valence-electron chi connectivity index (χ3n) is 2.88. The second-order valence-corrected chi connectivity index (χ2v) is 4.33. The fourth-order valence-electron chi connectivity index (χ4n) is 2.06. The van der Waals surface area contributed by atoms with E-state index in [1.807, 2.05) is 6.92 Å². The zero-order valence-electron chi connectivity index (χ0n) is 11.2. The SMILES string of the molecule is CCNc1cc(C(F)(F)F)nc2c(COC)cccc12. The fraction of sp³-hybridized carbons (Fsp3) is 0.357. The van der Waals surface area contributed by atoms with Gasteiger partial charge in [-0.25, -0.2) is 4.98 Å². The number of hydrogen-bond acceptors (Lipinski definition) is 3. The summed E-state index contributed by atoms with van der Waals surface area (Å²) in [6.07, 6.45) is -4.47. The number of alkyl halides is 3. The van der Waals surface area contributed by atoms with Crippen molar-refractivity contribution in [2.24, 2.45) is 0 Å². The third kappa shape index (κ3) is 2.85. The molecule has 1 N–H and O–H groups in total. The number of ether oxygens (including phenoxy) is 1. The Morgan fingerprint density at radius 1 is 1.30 bits per heavy atom. The minimum absolute atomic E-state index is 0.219. The van der Waals surface area contributed by atoms with Gasteiger partial charge >= 0.3 is 6.18 Å². The fourth-order valence-corrected chi connectivity index (χ4v) is 2.06. The number of fused-ring (bicyclic) bond motifs is 1. The Morgan fingerprint density at radius 2 is 2.05 bits per heavy atom. The van der Waals surface area contributed by atoms with Gasteiger partial charge in [0.05, 0.1) is 12.1 Å². The highest BCUT2D eigenvalue weighted by atomic mass is 19.4. The van der Waals surface area contributed by atoms with Crippen LogP contribution in [0.25, 0.3) is 10.9 Å². The Morgan fingerprint density at radius 3 is 2.65 bits per heavy atom. The van der Waals surface area contributed by atoms with Crippen molar-refractivity contribution in [2.45, 2.75) is 19.7 Å². The number of para-hydroxylation sites is 1. The number of halogens is 3. The Balaban J connectivity index is 2.72. The largest absolute Gasteiger partial charge is 0.433 e. The molecule has 2 aromatic rings. The molecule has 0 aliphatic rings. The number of pyridine rings is 1. The van der Waals surface area contributed by atoms with Crippen molar-refractivity contribution in [2.75, 3.05) is 19.0 Å². The molecule has 0 saturated carbocycles. The predicted molar refractivity (Wildman–Crippen MR) is 71.6 cm³/mol. The average molecular weight is 284 g/mol. The number of rotatable bonds is 4. The maximum Gasteiger partial charge on any atom is 0.433 e. The second-order valence-electron chi connectivity index (χ2n) is 4.33. The van der Waals surface area contributed by atoms with Crippen molar-refractivity contribution in [3.63, 3.8) is 0 Å². The van der Waals surface area contributed by atoms with Crippen LogP contribution in [0.3, 0.4) is 0 Å². The monoisotopic (exact) mass is 284 g/mol. The van der Waals surface area contributed by atoms with E-state index in [4.69, 9.17) is 4.74 Å². The molecule has 0 spiro atoms. The van der Waals surface area contributed by atoms with Gasteiger partial charge in [0.15, 0.2) is 0 Å². The maximum absolute atomic E-state index is 12.9. The quantitative estimate of drug-likeness (QED) is 0.926. The summed E-state index contributed by atoms with van der Waals surface area (Å²) in [6.45, 7) is 2.58. The third-order valence-corrected chi connectivity index (χ3v) is 2.88. The lowest BCUT2D eigenvalue weighted by Crippen LogP contribution is -2.10. The number of nitrogens with zero attached hydrogens (tertiary/aromatic N) is 1. The van der Waals surface area contributed by atoms with Crippen LogP contribution in [0.1, 0.15) is 18.2 Å². The van der Waals surface area contributed by atoms with Gasteiger partial charge in [-0.2, -0.15) is 13.2 Å². The standard InChI is InChI=1S/C14H15F3N2O/c1-3-18-11-7-12(14(15,16)17)19-13-9(8-20-2)5-4-6-10(11)13/h4-7H,3,8H2,1-2H3,(H,18,19). The van der Waals surface area contributed by atoms with E-state index in [0.717, 1.165) is 6.07 Å². The Bertz CT molecular complexity index is 611. The second kappa shape index (κ2) is 5.66. The molecule has 1 aromatic carbocycles. The Kier molecular flexibility index (Phi) is 4.13. The van der Waals surface area contributed by atoms with Crippen LogP contribution in [0.4, 0.5) is 18.9 Å². The lowest BCUT2D eigenvalue weighted by molar-refractivity contribution is -0.140. The van der Waals surface area contributed by atoms with Crippen LogP contribution in [0.2, 0.25) is 0 Å². The van der Waals surface area contributed by atoms with E-state index >= 15 is 0 Å². The number of hydrogen-bond donors (Lipinski definition) is 1.